The van der Waals surface area contributed by atoms with Gasteiger partial charge in [0, 0.05) is 36.3 Å². The van der Waals surface area contributed by atoms with E-state index in [1.54, 1.807) is 6.92 Å². The second-order valence-electron chi connectivity index (χ2n) is 13.0. The van der Waals surface area contributed by atoms with E-state index in [-0.39, 0.29) is 42.3 Å². The minimum Gasteiger partial charge on any atom is -0.480 e. The van der Waals surface area contributed by atoms with Crippen molar-refractivity contribution >= 4 is 76.9 Å². The Kier molecular flexibility index (Phi) is 13.7. The first-order valence-electron chi connectivity index (χ1n) is 17.3. The summed E-state index contributed by atoms with van der Waals surface area (Å²) < 4.78 is 4.81. The molecule has 2 fully saturated rings. The lowest BCUT2D eigenvalue weighted by atomic mass is 9.99. The molecular formula is C32H40N12O11S2. The number of nitrogens with zero attached hydrogens (tertiary/aromatic N) is 7. The molecule has 5 atom stereocenters. The van der Waals surface area contributed by atoms with Gasteiger partial charge in [-0.3, -0.25) is 39.1 Å². The van der Waals surface area contributed by atoms with Gasteiger partial charge in [-0.25, -0.2) is 14.4 Å². The molecule has 2 saturated heterocycles. The number of tetrazole rings is 1. The van der Waals surface area contributed by atoms with Crippen LogP contribution in [-0.2, 0) is 33.5 Å². The molecule has 0 saturated carbocycles. The smallest absolute Gasteiger partial charge is 0.411 e. The molecule has 1 aromatic carbocycles. The number of anilines is 1. The van der Waals surface area contributed by atoms with Crippen molar-refractivity contribution in [2.45, 2.75) is 47.3 Å². The number of aliphatic carboxylic acids is 2. The molecular weight excluding hydrogens is 793 g/mol. The zero-order valence-corrected chi connectivity index (χ0v) is 32.4. The quantitative estimate of drug-likeness (QED) is 0.0572. The number of rotatable bonds is 16. The second-order valence-corrected chi connectivity index (χ2v) is 15.3. The number of amides is 7. The van der Waals surface area contributed by atoms with E-state index in [0.717, 1.165) is 4.90 Å². The zero-order valence-electron chi connectivity index (χ0n) is 30.7. The van der Waals surface area contributed by atoms with Crippen LogP contribution in [0.2, 0.25) is 0 Å². The lowest BCUT2D eigenvalue weighted by Crippen LogP contribution is -2.71. The fourth-order valence-corrected chi connectivity index (χ4v) is 8.48. The van der Waals surface area contributed by atoms with Gasteiger partial charge in [0.1, 0.15) is 35.8 Å². The molecule has 0 radical (unpaired) electrons. The van der Waals surface area contributed by atoms with Gasteiger partial charge in [0.2, 0.25) is 11.1 Å². The van der Waals surface area contributed by atoms with Gasteiger partial charge >= 0.3 is 35.9 Å². The molecule has 4 heterocycles. The molecule has 1 unspecified atom stereocenters. The molecule has 2 aromatic rings. The average molecular weight is 833 g/mol. The summed E-state index contributed by atoms with van der Waals surface area (Å²) in [5, 5.41) is 39.6. The molecule has 23 nitrogen and oxygen atoms in total. The molecule has 0 bridgehead atoms. The Balaban J connectivity index is 1.36. The lowest BCUT2D eigenvalue weighted by Gasteiger charge is -2.50. The van der Waals surface area contributed by atoms with E-state index in [4.69, 9.17) is 15.6 Å². The van der Waals surface area contributed by atoms with E-state index >= 15 is 0 Å². The van der Waals surface area contributed by atoms with Crippen molar-refractivity contribution in [2.75, 3.05) is 58.0 Å². The van der Waals surface area contributed by atoms with Crippen molar-refractivity contribution in [1.29, 1.82) is 0 Å². The van der Waals surface area contributed by atoms with Crippen LogP contribution < -0.4 is 21.7 Å². The van der Waals surface area contributed by atoms with Crippen LogP contribution in [0.4, 0.5) is 15.3 Å². The van der Waals surface area contributed by atoms with Crippen molar-refractivity contribution < 1.29 is 53.3 Å². The average Bonchev–Trinajstić information content (AvgIpc) is 3.70. The maximum absolute atomic E-state index is 14.0. The lowest BCUT2D eigenvalue weighted by molar-refractivity contribution is -0.153. The molecule has 25 heteroatoms. The number of carbonyl (C=O) groups is 8. The normalized spacial score (nSPS) is 19.7. The summed E-state index contributed by atoms with van der Waals surface area (Å²) in [7, 11) is 3.73. The number of benzene rings is 1. The number of nitrogens with one attached hydrogen (secondary N) is 4. The van der Waals surface area contributed by atoms with Crippen LogP contribution in [0.15, 0.2) is 40.7 Å². The fraction of sp³-hybridized carbons (Fsp3) is 0.469. The predicted octanol–water partition coefficient (Wildman–Crippen LogP) is -1.55. The second kappa shape index (κ2) is 18.4. The Hall–Kier alpha value is -5.79. The molecule has 3 aliphatic rings. The zero-order chi connectivity index (χ0) is 41.6. The van der Waals surface area contributed by atoms with Crippen LogP contribution in [-0.4, -0.2) is 173 Å². The van der Waals surface area contributed by atoms with Crippen molar-refractivity contribution in [3.8, 4) is 0 Å². The number of carbonyl (C=O) groups excluding carboxylic acids is 6. The van der Waals surface area contributed by atoms with Crippen LogP contribution in [0.25, 0.3) is 0 Å². The highest BCUT2D eigenvalue weighted by Gasteiger charge is 2.55. The number of fused-ring (bicyclic) bond motifs is 1. The number of aromatic amines is 1. The summed E-state index contributed by atoms with van der Waals surface area (Å²) in [5.41, 5.74) is 5.86. The number of piperazine rings is 1. The molecule has 8 N–H and O–H groups in total. The van der Waals surface area contributed by atoms with E-state index in [2.05, 4.69) is 36.6 Å². The number of carboxylic acids is 2. The van der Waals surface area contributed by atoms with E-state index in [0.29, 0.717) is 28.6 Å². The largest absolute Gasteiger partial charge is 0.480 e. The number of aromatic nitrogens is 4. The number of likely N-dealkylation sites (N-methyl/N-ethyl adjacent to an activating group) is 1. The number of nitrogens with two attached hydrogens (primary N) is 1. The van der Waals surface area contributed by atoms with Crippen molar-refractivity contribution in [2.24, 2.45) is 5.73 Å². The Labute approximate surface area is 332 Å². The van der Waals surface area contributed by atoms with Gasteiger partial charge in [-0.2, -0.15) is 5.21 Å². The van der Waals surface area contributed by atoms with Gasteiger partial charge in [0.25, 0.3) is 5.91 Å². The number of carboxylic acid groups (broad SMARTS) is 2. The number of ether oxygens (including phenoxy) is 1. The number of imide groups is 1. The Morgan fingerprint density at radius 3 is 2.44 bits per heavy atom. The van der Waals surface area contributed by atoms with Crippen LogP contribution in [0.3, 0.4) is 0 Å². The van der Waals surface area contributed by atoms with Crippen LogP contribution >= 0.6 is 23.5 Å². The first kappa shape index (κ1) is 42.4. The Morgan fingerprint density at radius 1 is 1.11 bits per heavy atom. The summed E-state index contributed by atoms with van der Waals surface area (Å²) in [6.07, 6.45) is -0.534. The molecule has 5 rings (SSSR count). The van der Waals surface area contributed by atoms with Gasteiger partial charge < -0.3 is 41.1 Å². The number of β-lactam (4-membered cyclic amide) rings is 1. The Morgan fingerprint density at radius 2 is 1.82 bits per heavy atom. The monoisotopic (exact) mass is 832 g/mol. The minimum atomic E-state index is -1.57. The minimum absolute atomic E-state index is 0.0650. The van der Waals surface area contributed by atoms with Gasteiger partial charge in [-0.1, -0.05) is 23.9 Å². The molecule has 7 amide bonds. The fourth-order valence-electron chi connectivity index (χ4n) is 5.96. The topological polar surface area (TPSA) is 316 Å². The summed E-state index contributed by atoms with van der Waals surface area (Å²) in [6, 6.07) is 0.0789. The standard InChI is InChI=1S/C32H40N12O11S2/c1-4-42-11-12-43(26(48)25(42)47)31(53)36-20(15-5-7-16(8-6-15)34-32(54)55-13-18(33)28(49)50)23(45)35-21-24(46)44-22(29(51)52)17(14-56-27(21)44)19(9-10-41(2)3)57-30-37-39-40-38-30/h5-8,18-21,27H,4,9-14,33H2,1-3H3,(H,34,54)(H,35,45)(H,36,53)(H,49,50)(H,51,52)(H,37,38,39,40)/t18-,19?,20-,21-,27-/m1/s1. The maximum atomic E-state index is 14.0. The van der Waals surface area contributed by atoms with Crippen molar-refractivity contribution in [1.82, 2.24) is 50.9 Å². The third kappa shape index (κ3) is 9.78. The third-order valence-corrected chi connectivity index (χ3v) is 11.5. The van der Waals surface area contributed by atoms with E-state index in [1.165, 1.54) is 52.7 Å². The predicted molar refractivity (Wildman–Crippen MR) is 199 cm³/mol. The summed E-state index contributed by atoms with van der Waals surface area (Å²) in [6.45, 7) is 1.79. The van der Waals surface area contributed by atoms with Crippen LogP contribution in [0.1, 0.15) is 24.9 Å². The molecule has 0 aliphatic carbocycles. The number of hydrogen-bond acceptors (Lipinski definition) is 16. The highest BCUT2D eigenvalue weighted by atomic mass is 32.2. The van der Waals surface area contributed by atoms with E-state index in [1.807, 2.05) is 19.0 Å². The van der Waals surface area contributed by atoms with Gasteiger partial charge in [-0.15, -0.1) is 22.0 Å². The highest BCUT2D eigenvalue weighted by molar-refractivity contribution is 8.01. The maximum Gasteiger partial charge on any atom is 0.411 e. The number of urea groups is 1. The summed E-state index contributed by atoms with van der Waals surface area (Å²) >= 11 is 2.44. The van der Waals surface area contributed by atoms with Gasteiger partial charge in [-0.05, 0) is 62.5 Å². The number of thioether (sulfide) groups is 2. The van der Waals surface area contributed by atoms with Crippen molar-refractivity contribution in [3.63, 3.8) is 0 Å². The van der Waals surface area contributed by atoms with Gasteiger partial charge in [0.05, 0.1) is 0 Å². The highest BCUT2D eigenvalue weighted by Crippen LogP contribution is 2.44. The van der Waals surface area contributed by atoms with Crippen LogP contribution in [0.5, 0.6) is 0 Å². The molecule has 57 heavy (non-hydrogen) atoms. The molecule has 306 valence electrons. The molecule has 1 aromatic heterocycles. The molecule has 3 aliphatic heterocycles. The SMILES string of the molecule is CCN1CCN(C(=O)N[C@@H](C(=O)N[C@@H]2C(=O)N3C(C(=O)O)=C(C(CCN(C)C)Sc4nn[nH]n4)CS[C@H]23)c2ccc(NC(=O)OC[C@@H](N)C(=O)O)cc2)C(=O)C1=O. The van der Waals surface area contributed by atoms with Gasteiger partial charge in [0.15, 0.2) is 0 Å². The summed E-state index contributed by atoms with van der Waals surface area (Å²) in [5.74, 6) is -6.15. The summed E-state index contributed by atoms with van der Waals surface area (Å²) in [4.78, 5) is 107. The first-order chi connectivity index (χ1) is 27.1. The third-order valence-electron chi connectivity index (χ3n) is 8.97. The van der Waals surface area contributed by atoms with E-state index < -0.39 is 83.0 Å². The number of H-pyrrole nitrogens is 1. The first-order valence-corrected chi connectivity index (χ1v) is 19.2. The van der Waals surface area contributed by atoms with Crippen LogP contribution in [0, 0.1) is 0 Å². The van der Waals surface area contributed by atoms with E-state index in [9.17, 15) is 43.5 Å². The van der Waals surface area contributed by atoms with Crippen molar-refractivity contribution in [3.05, 3.63) is 41.1 Å². The molecule has 0 spiro atoms. The number of hydrogen-bond donors (Lipinski definition) is 7. The Bertz CT molecular complexity index is 1930.